The van der Waals surface area contributed by atoms with E-state index in [1.807, 2.05) is 0 Å². The highest BCUT2D eigenvalue weighted by molar-refractivity contribution is 7.99. The number of H-pyrrole nitrogens is 1. The molecule has 0 spiro atoms. The predicted molar refractivity (Wildman–Crippen MR) is 98.0 cm³/mol. The predicted octanol–water partition coefficient (Wildman–Crippen LogP) is 4.33. The van der Waals surface area contributed by atoms with Crippen molar-refractivity contribution in [2.75, 3.05) is 18.1 Å². The molecule has 0 amide bonds. The molecule has 0 unspecified atom stereocenters. The van der Waals surface area contributed by atoms with Crippen LogP contribution in [0, 0.1) is 0 Å². The van der Waals surface area contributed by atoms with E-state index in [1.165, 1.54) is 33.4 Å². The van der Waals surface area contributed by atoms with Crippen molar-refractivity contribution in [3.63, 3.8) is 0 Å². The van der Waals surface area contributed by atoms with Gasteiger partial charge in [0.05, 0.1) is 0 Å². The van der Waals surface area contributed by atoms with Crippen LogP contribution in [-0.4, -0.2) is 29.1 Å². The van der Waals surface area contributed by atoms with Crippen molar-refractivity contribution < 1.29 is 9.53 Å². The van der Waals surface area contributed by atoms with E-state index in [0.717, 1.165) is 17.9 Å². The number of esters is 1. The van der Waals surface area contributed by atoms with Crippen LogP contribution in [-0.2, 0) is 16.0 Å². The summed E-state index contributed by atoms with van der Waals surface area (Å²) in [5.74, 6) is 1.45. The van der Waals surface area contributed by atoms with Crippen molar-refractivity contribution in [3.05, 3.63) is 60.7 Å². The van der Waals surface area contributed by atoms with Gasteiger partial charge in [0.15, 0.2) is 0 Å². The van der Waals surface area contributed by atoms with Gasteiger partial charge in [-0.1, -0.05) is 43.0 Å². The van der Waals surface area contributed by atoms with Crippen LogP contribution in [0.2, 0.25) is 0 Å². The zero-order valence-corrected chi connectivity index (χ0v) is 13.7. The van der Waals surface area contributed by atoms with Crippen molar-refractivity contribution in [2.24, 2.45) is 0 Å². The maximum Gasteiger partial charge on any atom is 0.330 e. The van der Waals surface area contributed by atoms with Crippen LogP contribution in [0.1, 0.15) is 5.56 Å². The van der Waals surface area contributed by atoms with E-state index in [4.69, 9.17) is 4.74 Å². The average Bonchev–Trinajstić information content (AvgIpc) is 2.97. The number of benzene rings is 2. The number of carbonyl (C=O) groups is 1. The molecule has 3 aromatic rings. The Labute approximate surface area is 139 Å². The normalized spacial score (nSPS) is 11.0. The first kappa shape index (κ1) is 15.7. The van der Waals surface area contributed by atoms with Crippen molar-refractivity contribution in [1.82, 2.24) is 4.98 Å². The molecule has 1 heterocycles. The van der Waals surface area contributed by atoms with Crippen LogP contribution >= 0.6 is 11.8 Å². The maximum atomic E-state index is 10.9. The number of para-hydroxylation sites is 2. The van der Waals surface area contributed by atoms with Crippen LogP contribution in [0.25, 0.3) is 21.8 Å². The zero-order chi connectivity index (χ0) is 16.1. The van der Waals surface area contributed by atoms with E-state index in [2.05, 4.69) is 54.0 Å². The molecule has 0 aliphatic rings. The van der Waals surface area contributed by atoms with Crippen molar-refractivity contribution in [2.45, 2.75) is 6.42 Å². The Morgan fingerprint density at radius 3 is 2.83 bits per heavy atom. The number of aryl methyl sites for hydroxylation is 1. The van der Waals surface area contributed by atoms with E-state index < -0.39 is 0 Å². The summed E-state index contributed by atoms with van der Waals surface area (Å²) in [6.07, 6.45) is 2.19. The minimum atomic E-state index is -0.353. The van der Waals surface area contributed by atoms with Crippen molar-refractivity contribution in [3.8, 4) is 0 Å². The van der Waals surface area contributed by atoms with Gasteiger partial charge in [0.1, 0.15) is 6.61 Å². The maximum absolute atomic E-state index is 10.9. The molecular weight excluding hydrogens is 306 g/mol. The fraction of sp³-hybridized carbons (Fsp3) is 0.211. The molecule has 3 nitrogen and oxygen atoms in total. The molecule has 0 saturated carbocycles. The summed E-state index contributed by atoms with van der Waals surface area (Å²) in [6, 6.07) is 14.9. The number of nitrogens with one attached hydrogen (secondary N) is 1. The zero-order valence-electron chi connectivity index (χ0n) is 12.9. The van der Waals surface area contributed by atoms with Gasteiger partial charge in [0.25, 0.3) is 0 Å². The van der Waals surface area contributed by atoms with E-state index in [1.54, 1.807) is 11.8 Å². The number of rotatable bonds is 7. The average molecular weight is 325 g/mol. The molecule has 0 radical (unpaired) electrons. The summed E-state index contributed by atoms with van der Waals surface area (Å²) < 4.78 is 4.97. The quantitative estimate of drug-likeness (QED) is 0.399. The first-order chi connectivity index (χ1) is 11.3. The Morgan fingerprint density at radius 2 is 1.96 bits per heavy atom. The molecular formula is C19H19NO2S. The summed E-state index contributed by atoms with van der Waals surface area (Å²) in [7, 11) is 0. The molecule has 0 fully saturated rings. The van der Waals surface area contributed by atoms with Gasteiger partial charge in [-0.3, -0.25) is 0 Å². The lowest BCUT2D eigenvalue weighted by molar-refractivity contribution is -0.137. The molecule has 4 heteroatoms. The van der Waals surface area contributed by atoms with Gasteiger partial charge in [-0.2, -0.15) is 11.8 Å². The molecule has 23 heavy (non-hydrogen) atoms. The number of carbonyl (C=O) groups excluding carboxylic acids is 1. The molecule has 0 aliphatic carbocycles. The third-order valence-electron chi connectivity index (χ3n) is 3.78. The van der Waals surface area contributed by atoms with E-state index >= 15 is 0 Å². The van der Waals surface area contributed by atoms with E-state index in [9.17, 15) is 4.79 Å². The molecule has 118 valence electrons. The number of hydrogen-bond acceptors (Lipinski definition) is 3. The molecule has 0 atom stereocenters. The highest BCUT2D eigenvalue weighted by Crippen LogP contribution is 2.28. The number of fused-ring (bicyclic) bond motifs is 3. The van der Waals surface area contributed by atoms with Gasteiger partial charge in [-0.25, -0.2) is 4.79 Å². The fourth-order valence-corrected chi connectivity index (χ4v) is 3.46. The minimum absolute atomic E-state index is 0.353. The Hall–Kier alpha value is -2.20. The number of hydrogen-bond donors (Lipinski definition) is 1. The van der Waals surface area contributed by atoms with E-state index in [0.29, 0.717) is 6.61 Å². The second-order valence-electron chi connectivity index (χ2n) is 5.24. The standard InChI is InChI=1S/C19H19NO2S/c1-2-18(21)22-11-13-23-12-10-14-6-5-8-16-15-7-3-4-9-17(15)20-19(14)16/h2-9,20H,1,10-13H2. The first-order valence-electron chi connectivity index (χ1n) is 7.65. The Balaban J connectivity index is 1.62. The minimum Gasteiger partial charge on any atom is -0.462 e. The van der Waals surface area contributed by atoms with E-state index in [-0.39, 0.29) is 5.97 Å². The summed E-state index contributed by atoms with van der Waals surface area (Å²) in [5.41, 5.74) is 3.74. The lowest BCUT2D eigenvalue weighted by Crippen LogP contribution is -2.04. The molecule has 3 rings (SSSR count). The monoisotopic (exact) mass is 325 g/mol. The Bertz CT molecular complexity index is 838. The molecule has 1 aromatic heterocycles. The lowest BCUT2D eigenvalue weighted by Gasteiger charge is -2.04. The summed E-state index contributed by atoms with van der Waals surface area (Å²) in [6.45, 7) is 3.81. The summed E-state index contributed by atoms with van der Waals surface area (Å²) in [5, 5.41) is 2.55. The Kier molecular flexibility index (Phi) is 5.03. The number of aromatic amines is 1. The highest BCUT2D eigenvalue weighted by Gasteiger charge is 2.07. The van der Waals surface area contributed by atoms with Crippen molar-refractivity contribution in [1.29, 1.82) is 0 Å². The topological polar surface area (TPSA) is 42.1 Å². The lowest BCUT2D eigenvalue weighted by atomic mass is 10.1. The molecule has 0 saturated heterocycles. The van der Waals surface area contributed by atoms with Gasteiger partial charge in [-0.15, -0.1) is 0 Å². The van der Waals surface area contributed by atoms with Gasteiger partial charge in [0, 0.05) is 33.6 Å². The smallest absolute Gasteiger partial charge is 0.330 e. The van der Waals surface area contributed by atoms with Gasteiger partial charge < -0.3 is 9.72 Å². The molecule has 1 N–H and O–H groups in total. The largest absolute Gasteiger partial charge is 0.462 e. The van der Waals surface area contributed by atoms with Crippen LogP contribution in [0.3, 0.4) is 0 Å². The van der Waals surface area contributed by atoms with Gasteiger partial charge in [-0.05, 0) is 23.8 Å². The van der Waals surface area contributed by atoms with Crippen LogP contribution in [0.4, 0.5) is 0 Å². The van der Waals surface area contributed by atoms with Crippen molar-refractivity contribution >= 4 is 39.5 Å². The third-order valence-corrected chi connectivity index (χ3v) is 4.73. The number of thioether (sulfide) groups is 1. The Morgan fingerprint density at radius 1 is 1.13 bits per heavy atom. The number of aromatic nitrogens is 1. The fourth-order valence-electron chi connectivity index (χ4n) is 2.69. The molecule has 0 bridgehead atoms. The SMILES string of the molecule is C=CC(=O)OCCSCCc1cccc2c1[nH]c1ccccc12. The van der Waals surface area contributed by atoms with Crippen LogP contribution in [0.5, 0.6) is 0 Å². The molecule has 2 aromatic carbocycles. The number of ether oxygens (including phenoxy) is 1. The second kappa shape index (κ2) is 7.38. The van der Waals surface area contributed by atoms with Crippen LogP contribution < -0.4 is 0 Å². The van der Waals surface area contributed by atoms with Gasteiger partial charge in [0.2, 0.25) is 0 Å². The summed E-state index contributed by atoms with van der Waals surface area (Å²) in [4.78, 5) is 14.5. The second-order valence-corrected chi connectivity index (χ2v) is 6.47. The summed E-state index contributed by atoms with van der Waals surface area (Å²) >= 11 is 1.79. The molecule has 0 aliphatic heterocycles. The first-order valence-corrected chi connectivity index (χ1v) is 8.80. The van der Waals surface area contributed by atoms with Gasteiger partial charge >= 0.3 is 5.97 Å². The van der Waals surface area contributed by atoms with Crippen LogP contribution in [0.15, 0.2) is 55.1 Å². The highest BCUT2D eigenvalue weighted by atomic mass is 32.2. The third kappa shape index (κ3) is 3.59.